The summed E-state index contributed by atoms with van der Waals surface area (Å²) in [6, 6.07) is 14.0. The van der Waals surface area contributed by atoms with E-state index in [1.54, 1.807) is 13.1 Å². The third kappa shape index (κ3) is 3.97. The Morgan fingerprint density at radius 1 is 1.09 bits per heavy atom. The Hall–Kier alpha value is -2.62. The summed E-state index contributed by atoms with van der Waals surface area (Å²) in [6.45, 7) is 3.82. The first kappa shape index (κ1) is 16.7. The molecular weight excluding hydrogens is 290 g/mol. The monoisotopic (exact) mass is 311 g/mol. The zero-order valence-electron chi connectivity index (χ0n) is 13.6. The number of likely N-dealkylation sites (N-methyl/N-ethyl adjacent to an activating group) is 1. The quantitative estimate of drug-likeness (QED) is 0.923. The first-order valence-electron chi connectivity index (χ1n) is 7.51. The molecular formula is C19H21NO3. The number of carbonyl (C=O) groups is 2. The number of nitrogens with zero attached hydrogens (tertiary/aromatic N) is 1. The van der Waals surface area contributed by atoms with Gasteiger partial charge in [-0.1, -0.05) is 48.0 Å². The van der Waals surface area contributed by atoms with E-state index < -0.39 is 12.0 Å². The predicted octanol–water partition coefficient (Wildman–Crippen LogP) is 3.07. The van der Waals surface area contributed by atoms with E-state index in [9.17, 15) is 14.7 Å². The van der Waals surface area contributed by atoms with Gasteiger partial charge in [0.2, 0.25) is 0 Å². The highest BCUT2D eigenvalue weighted by Crippen LogP contribution is 2.16. The molecule has 4 nitrogen and oxygen atoms in total. The SMILES string of the molecule is Cc1ccc(C(=O)N(C)C(Cc2ccccc2)C(=O)O)c(C)c1. The molecule has 2 aromatic rings. The van der Waals surface area contributed by atoms with Crippen LogP contribution in [0.2, 0.25) is 0 Å². The summed E-state index contributed by atoms with van der Waals surface area (Å²) >= 11 is 0. The Morgan fingerprint density at radius 2 is 1.74 bits per heavy atom. The Morgan fingerprint density at radius 3 is 2.30 bits per heavy atom. The van der Waals surface area contributed by atoms with Gasteiger partial charge in [-0.05, 0) is 31.0 Å². The molecule has 1 amide bonds. The molecule has 2 rings (SSSR count). The van der Waals surface area contributed by atoms with E-state index in [1.165, 1.54) is 4.90 Å². The van der Waals surface area contributed by atoms with Crippen LogP contribution in [0.1, 0.15) is 27.0 Å². The number of aliphatic carboxylic acids is 1. The minimum atomic E-state index is -1.01. The van der Waals surface area contributed by atoms with Crippen LogP contribution >= 0.6 is 0 Å². The fourth-order valence-corrected chi connectivity index (χ4v) is 2.61. The number of rotatable bonds is 5. The van der Waals surface area contributed by atoms with Gasteiger partial charge in [0.25, 0.3) is 5.91 Å². The summed E-state index contributed by atoms with van der Waals surface area (Å²) in [7, 11) is 1.54. The highest BCUT2D eigenvalue weighted by atomic mass is 16.4. The first-order chi connectivity index (χ1) is 10.9. The second kappa shape index (κ2) is 7.09. The van der Waals surface area contributed by atoms with E-state index in [1.807, 2.05) is 56.3 Å². The molecule has 0 aliphatic heterocycles. The number of hydrogen-bond acceptors (Lipinski definition) is 2. The number of benzene rings is 2. The number of carboxylic acids is 1. The van der Waals surface area contributed by atoms with Gasteiger partial charge in [0.05, 0.1) is 0 Å². The molecule has 0 bridgehead atoms. The van der Waals surface area contributed by atoms with Crippen LogP contribution in [-0.4, -0.2) is 35.0 Å². The van der Waals surface area contributed by atoms with Crippen LogP contribution in [0.15, 0.2) is 48.5 Å². The fraction of sp³-hybridized carbons (Fsp3) is 0.263. The van der Waals surface area contributed by atoms with Gasteiger partial charge in [-0.25, -0.2) is 4.79 Å². The summed E-state index contributed by atoms with van der Waals surface area (Å²) in [6.07, 6.45) is 0.281. The van der Waals surface area contributed by atoms with Crippen LogP contribution in [0.3, 0.4) is 0 Å². The molecule has 2 aromatic carbocycles. The Bertz CT molecular complexity index is 710. The highest BCUT2D eigenvalue weighted by Gasteiger charge is 2.28. The van der Waals surface area contributed by atoms with E-state index in [0.717, 1.165) is 16.7 Å². The van der Waals surface area contributed by atoms with Crippen LogP contribution in [0.25, 0.3) is 0 Å². The Kier molecular flexibility index (Phi) is 5.16. The largest absolute Gasteiger partial charge is 0.480 e. The number of amides is 1. The molecule has 1 unspecified atom stereocenters. The van der Waals surface area contributed by atoms with Crippen molar-refractivity contribution in [2.24, 2.45) is 0 Å². The van der Waals surface area contributed by atoms with Gasteiger partial charge in [-0.2, -0.15) is 0 Å². The third-order valence-corrected chi connectivity index (χ3v) is 3.96. The molecule has 0 saturated carbocycles. The van der Waals surface area contributed by atoms with Crippen LogP contribution < -0.4 is 0 Å². The van der Waals surface area contributed by atoms with Gasteiger partial charge in [0.15, 0.2) is 0 Å². The minimum Gasteiger partial charge on any atom is -0.480 e. The molecule has 1 N–H and O–H groups in total. The second-order valence-corrected chi connectivity index (χ2v) is 5.78. The summed E-state index contributed by atoms with van der Waals surface area (Å²) in [5, 5.41) is 9.52. The lowest BCUT2D eigenvalue weighted by Gasteiger charge is -2.25. The van der Waals surface area contributed by atoms with Gasteiger partial charge >= 0.3 is 5.97 Å². The van der Waals surface area contributed by atoms with Gasteiger partial charge in [-0.15, -0.1) is 0 Å². The van der Waals surface area contributed by atoms with Crippen molar-refractivity contribution in [3.05, 3.63) is 70.8 Å². The van der Waals surface area contributed by atoms with E-state index >= 15 is 0 Å². The predicted molar refractivity (Wildman–Crippen MR) is 89.6 cm³/mol. The second-order valence-electron chi connectivity index (χ2n) is 5.78. The van der Waals surface area contributed by atoms with Crippen molar-refractivity contribution in [3.63, 3.8) is 0 Å². The standard InChI is InChI=1S/C19H21NO3/c1-13-9-10-16(14(2)11-13)18(21)20(3)17(19(22)23)12-15-7-5-4-6-8-15/h4-11,17H,12H2,1-3H3,(H,22,23). The average Bonchev–Trinajstić information content (AvgIpc) is 2.52. The summed E-state index contributed by atoms with van der Waals surface area (Å²) < 4.78 is 0. The lowest BCUT2D eigenvalue weighted by atomic mass is 10.0. The van der Waals surface area contributed by atoms with Gasteiger partial charge in [-0.3, -0.25) is 4.79 Å². The molecule has 0 aliphatic rings. The van der Waals surface area contributed by atoms with Crippen LogP contribution in [0.5, 0.6) is 0 Å². The van der Waals surface area contributed by atoms with Crippen molar-refractivity contribution in [2.45, 2.75) is 26.3 Å². The van der Waals surface area contributed by atoms with Crippen LogP contribution in [0.4, 0.5) is 0 Å². The smallest absolute Gasteiger partial charge is 0.326 e. The summed E-state index contributed by atoms with van der Waals surface area (Å²) in [5.41, 5.74) is 3.35. The van der Waals surface area contributed by atoms with Crippen molar-refractivity contribution >= 4 is 11.9 Å². The lowest BCUT2D eigenvalue weighted by Crippen LogP contribution is -2.44. The van der Waals surface area contributed by atoms with Crippen LogP contribution in [-0.2, 0) is 11.2 Å². The molecule has 1 atom stereocenters. The third-order valence-electron chi connectivity index (χ3n) is 3.96. The van der Waals surface area contributed by atoms with Crippen LogP contribution in [0, 0.1) is 13.8 Å². The van der Waals surface area contributed by atoms with Crippen molar-refractivity contribution in [2.75, 3.05) is 7.05 Å². The normalized spacial score (nSPS) is 11.8. The molecule has 0 saturated heterocycles. The molecule has 4 heteroatoms. The Balaban J connectivity index is 2.25. The average molecular weight is 311 g/mol. The van der Waals surface area contributed by atoms with Crippen molar-refractivity contribution in [3.8, 4) is 0 Å². The summed E-state index contributed by atoms with van der Waals surface area (Å²) in [5.74, 6) is -1.28. The van der Waals surface area contributed by atoms with Crippen molar-refractivity contribution in [1.82, 2.24) is 4.90 Å². The number of carbonyl (C=O) groups excluding carboxylic acids is 1. The molecule has 0 fully saturated rings. The van der Waals surface area contributed by atoms with E-state index in [0.29, 0.717) is 5.56 Å². The Labute approximate surface area is 136 Å². The maximum atomic E-state index is 12.7. The van der Waals surface area contributed by atoms with Gasteiger partial charge in [0.1, 0.15) is 6.04 Å². The zero-order chi connectivity index (χ0) is 17.0. The lowest BCUT2D eigenvalue weighted by molar-refractivity contribution is -0.141. The van der Waals surface area contributed by atoms with Crippen molar-refractivity contribution < 1.29 is 14.7 Å². The van der Waals surface area contributed by atoms with Crippen molar-refractivity contribution in [1.29, 1.82) is 0 Å². The van der Waals surface area contributed by atoms with Gasteiger partial charge < -0.3 is 10.0 Å². The van der Waals surface area contributed by atoms with Gasteiger partial charge in [0, 0.05) is 19.0 Å². The van der Waals surface area contributed by atoms with E-state index in [2.05, 4.69) is 0 Å². The molecule has 0 radical (unpaired) electrons. The number of carboxylic acid groups (broad SMARTS) is 1. The first-order valence-corrected chi connectivity index (χ1v) is 7.51. The zero-order valence-corrected chi connectivity index (χ0v) is 13.6. The molecule has 0 spiro atoms. The topological polar surface area (TPSA) is 57.6 Å². The van der Waals surface area contributed by atoms with E-state index in [-0.39, 0.29) is 12.3 Å². The number of hydrogen-bond donors (Lipinski definition) is 1. The minimum absolute atomic E-state index is 0.272. The number of aryl methyl sites for hydroxylation is 2. The molecule has 120 valence electrons. The molecule has 23 heavy (non-hydrogen) atoms. The maximum absolute atomic E-state index is 12.7. The highest BCUT2D eigenvalue weighted by molar-refractivity contribution is 5.97. The summed E-state index contributed by atoms with van der Waals surface area (Å²) in [4.78, 5) is 25.6. The fourth-order valence-electron chi connectivity index (χ4n) is 2.61. The van der Waals surface area contributed by atoms with E-state index in [4.69, 9.17) is 0 Å². The maximum Gasteiger partial charge on any atom is 0.326 e. The molecule has 0 aliphatic carbocycles. The molecule has 0 heterocycles. The molecule has 0 aromatic heterocycles.